The summed E-state index contributed by atoms with van der Waals surface area (Å²) in [6.45, 7) is 7.26. The first-order valence-corrected chi connectivity index (χ1v) is 14.3. The quantitative estimate of drug-likeness (QED) is 0.192. The number of carboxylic acids is 1. The Morgan fingerprint density at radius 3 is 2.38 bits per heavy atom. The van der Waals surface area contributed by atoms with Gasteiger partial charge in [0.1, 0.15) is 11.8 Å². The lowest BCUT2D eigenvalue weighted by Gasteiger charge is -2.19. The Morgan fingerprint density at radius 2 is 1.74 bits per heavy atom. The minimum atomic E-state index is -1.14. The molecule has 1 heterocycles. The molecule has 5 N–H and O–H groups in total. The van der Waals surface area contributed by atoms with Gasteiger partial charge in [-0.05, 0) is 48.6 Å². The molecule has 3 aromatic rings. The van der Waals surface area contributed by atoms with Gasteiger partial charge in [0, 0.05) is 30.1 Å². The van der Waals surface area contributed by atoms with Crippen molar-refractivity contribution in [3.63, 3.8) is 0 Å². The summed E-state index contributed by atoms with van der Waals surface area (Å²) in [5.41, 5.74) is 2.78. The normalized spacial score (nSPS) is 12.2. The number of hydrogen-bond donors (Lipinski definition) is 5. The minimum absolute atomic E-state index is 0.0467. The number of urea groups is 1. The van der Waals surface area contributed by atoms with E-state index in [0.29, 0.717) is 34.1 Å². The summed E-state index contributed by atoms with van der Waals surface area (Å²) in [5.74, 6) is -1.11. The van der Waals surface area contributed by atoms with Gasteiger partial charge >= 0.3 is 12.0 Å². The van der Waals surface area contributed by atoms with Crippen molar-refractivity contribution in [3.8, 4) is 5.75 Å². The molecular weight excluding hydrogens is 558 g/mol. The molecule has 12 heteroatoms. The van der Waals surface area contributed by atoms with Gasteiger partial charge in [-0.2, -0.15) is 0 Å². The lowest BCUT2D eigenvalue weighted by Crippen LogP contribution is -2.41. The van der Waals surface area contributed by atoms with Crippen LogP contribution in [0.5, 0.6) is 5.75 Å². The van der Waals surface area contributed by atoms with Gasteiger partial charge < -0.3 is 31.1 Å². The van der Waals surface area contributed by atoms with Gasteiger partial charge in [-0.1, -0.05) is 38.1 Å². The predicted octanol–water partition coefficient (Wildman–Crippen LogP) is 4.68. The number of carbonyl (C=O) groups is 4. The number of benzene rings is 2. The summed E-state index contributed by atoms with van der Waals surface area (Å²) in [5, 5.41) is 21.1. The third-order valence-electron chi connectivity index (χ3n) is 6.28. The predicted molar refractivity (Wildman–Crippen MR) is 162 cm³/mol. The van der Waals surface area contributed by atoms with Crippen molar-refractivity contribution in [1.29, 1.82) is 0 Å². The fourth-order valence-corrected chi connectivity index (χ4v) is 5.32. The van der Waals surface area contributed by atoms with Gasteiger partial charge in [0.2, 0.25) is 11.8 Å². The molecule has 1 aromatic heterocycles. The molecule has 0 saturated carbocycles. The first kappa shape index (κ1) is 32.1. The van der Waals surface area contributed by atoms with E-state index in [-0.39, 0.29) is 30.7 Å². The van der Waals surface area contributed by atoms with E-state index in [1.165, 1.54) is 25.4 Å². The van der Waals surface area contributed by atoms with Crippen LogP contribution in [0.3, 0.4) is 0 Å². The molecule has 42 heavy (non-hydrogen) atoms. The average Bonchev–Trinajstić information content (AvgIpc) is 3.38. The first-order valence-electron chi connectivity index (χ1n) is 13.5. The summed E-state index contributed by atoms with van der Waals surface area (Å²) in [4.78, 5) is 53.7. The number of anilines is 2. The number of carbonyl (C=O) groups excluding carboxylic acids is 3. The number of nitrogens with zero attached hydrogens (tertiary/aromatic N) is 1. The number of aliphatic carboxylic acids is 1. The number of methoxy groups -OCH3 is 1. The molecule has 0 spiro atoms. The molecule has 0 radical (unpaired) electrons. The van der Waals surface area contributed by atoms with Crippen molar-refractivity contribution in [1.82, 2.24) is 15.6 Å². The topological polar surface area (TPSA) is 159 Å². The Bertz CT molecular complexity index is 1420. The summed E-state index contributed by atoms with van der Waals surface area (Å²) in [6.07, 6.45) is 2.43. The lowest BCUT2D eigenvalue weighted by atomic mass is 10.0. The molecule has 0 aliphatic heterocycles. The third kappa shape index (κ3) is 9.58. The Morgan fingerprint density at radius 1 is 1.02 bits per heavy atom. The zero-order valence-electron chi connectivity index (χ0n) is 24.3. The lowest BCUT2D eigenvalue weighted by molar-refractivity contribution is -0.141. The van der Waals surface area contributed by atoms with Crippen LogP contribution in [0, 0.1) is 12.8 Å². The summed E-state index contributed by atoms with van der Waals surface area (Å²) in [6, 6.07) is 10.8. The molecule has 2 unspecified atom stereocenters. The molecule has 0 aliphatic carbocycles. The second-order valence-electron chi connectivity index (χ2n) is 10.3. The molecule has 0 saturated heterocycles. The first-order chi connectivity index (χ1) is 19.9. The zero-order chi connectivity index (χ0) is 30.8. The zero-order valence-corrected chi connectivity index (χ0v) is 25.1. The second kappa shape index (κ2) is 15.0. The molecule has 4 amide bonds. The van der Waals surface area contributed by atoms with Crippen LogP contribution >= 0.6 is 11.3 Å². The van der Waals surface area contributed by atoms with Gasteiger partial charge in [-0.3, -0.25) is 9.59 Å². The van der Waals surface area contributed by atoms with Crippen LogP contribution in [0.15, 0.2) is 48.7 Å². The van der Waals surface area contributed by atoms with Crippen molar-refractivity contribution in [2.45, 2.75) is 59.0 Å². The van der Waals surface area contributed by atoms with Crippen LogP contribution in [0.2, 0.25) is 0 Å². The number of rotatable bonds is 13. The summed E-state index contributed by atoms with van der Waals surface area (Å²) in [7, 11) is 1.49. The van der Waals surface area contributed by atoms with Gasteiger partial charge in [0.15, 0.2) is 0 Å². The molecule has 2 aromatic carbocycles. The molecule has 224 valence electrons. The van der Waals surface area contributed by atoms with E-state index in [0.717, 1.165) is 10.4 Å². The highest BCUT2D eigenvalue weighted by molar-refractivity contribution is 7.11. The number of para-hydroxylation sites is 1. The Balaban J connectivity index is 1.67. The number of nitrogens with one attached hydrogen (secondary N) is 4. The molecule has 11 nitrogen and oxygen atoms in total. The number of ether oxygens (including phenoxy) is 1. The second-order valence-corrected chi connectivity index (χ2v) is 11.5. The third-order valence-corrected chi connectivity index (χ3v) is 7.42. The minimum Gasteiger partial charge on any atom is -0.495 e. The Labute approximate surface area is 249 Å². The number of aromatic nitrogens is 1. The van der Waals surface area contributed by atoms with Crippen LogP contribution in [0.1, 0.15) is 54.2 Å². The number of thiazole rings is 1. The van der Waals surface area contributed by atoms with Crippen LogP contribution < -0.4 is 26.0 Å². The van der Waals surface area contributed by atoms with Gasteiger partial charge in [-0.25, -0.2) is 14.6 Å². The molecule has 0 bridgehead atoms. The van der Waals surface area contributed by atoms with Crippen molar-refractivity contribution in [2.75, 3.05) is 17.7 Å². The number of aryl methyl sites for hydroxylation is 1. The Hall–Kier alpha value is -4.45. The summed E-state index contributed by atoms with van der Waals surface area (Å²) < 4.78 is 5.47. The maximum atomic E-state index is 13.1. The molecule has 0 fully saturated rings. The maximum absolute atomic E-state index is 13.1. The van der Waals surface area contributed by atoms with Gasteiger partial charge in [-0.15, -0.1) is 11.3 Å². The van der Waals surface area contributed by atoms with Gasteiger partial charge in [0.25, 0.3) is 0 Å². The highest BCUT2D eigenvalue weighted by Gasteiger charge is 2.24. The highest BCUT2D eigenvalue weighted by Crippen LogP contribution is 2.29. The molecule has 2 atom stereocenters. The van der Waals surface area contributed by atoms with Crippen LogP contribution in [-0.2, 0) is 27.2 Å². The SMILES string of the molecule is COc1cc(CC(=O)NC(CC(C)C)c2cnc(CC(NC(C)=O)C(=O)O)s2)ccc1NC(=O)Nc1ccccc1C. The molecule has 3 rings (SSSR count). The number of hydrogen-bond acceptors (Lipinski definition) is 7. The van der Waals surface area contributed by atoms with Crippen molar-refractivity contribution in [2.24, 2.45) is 5.92 Å². The highest BCUT2D eigenvalue weighted by atomic mass is 32.1. The van der Waals surface area contributed by atoms with E-state index < -0.39 is 23.9 Å². The van der Waals surface area contributed by atoms with Crippen molar-refractivity contribution < 1.29 is 29.0 Å². The monoisotopic (exact) mass is 595 g/mol. The standard InChI is InChI=1S/C30H37N5O6S/c1-17(2)12-23(26-16-31-28(42-26)15-24(29(38)39)32-19(4)36)33-27(37)14-20-10-11-22(25(13-20)41-5)35-30(40)34-21-9-7-6-8-18(21)3/h6-11,13,16-17,23-24H,12,14-15H2,1-5H3,(H,32,36)(H,33,37)(H,38,39)(H2,34,35,40). The van der Waals surface area contributed by atoms with E-state index in [2.05, 4.69) is 26.3 Å². The van der Waals surface area contributed by atoms with E-state index in [1.807, 2.05) is 45.0 Å². The van der Waals surface area contributed by atoms with Crippen molar-refractivity contribution in [3.05, 3.63) is 69.7 Å². The van der Waals surface area contributed by atoms with Crippen molar-refractivity contribution >= 4 is 46.5 Å². The van der Waals surface area contributed by atoms with E-state index in [9.17, 15) is 24.3 Å². The average molecular weight is 596 g/mol. The largest absolute Gasteiger partial charge is 0.495 e. The van der Waals surface area contributed by atoms with Crippen LogP contribution in [-0.4, -0.2) is 47.1 Å². The number of amides is 4. The van der Waals surface area contributed by atoms with Crippen LogP contribution in [0.25, 0.3) is 0 Å². The van der Waals surface area contributed by atoms with E-state index in [4.69, 9.17) is 4.74 Å². The fraction of sp³-hybridized carbons (Fsp3) is 0.367. The van der Waals surface area contributed by atoms with E-state index >= 15 is 0 Å². The molecular formula is C30H37N5O6S. The van der Waals surface area contributed by atoms with E-state index in [1.54, 1.807) is 24.4 Å². The maximum Gasteiger partial charge on any atom is 0.326 e. The fourth-order valence-electron chi connectivity index (χ4n) is 4.29. The number of carboxylic acid groups (broad SMARTS) is 1. The van der Waals surface area contributed by atoms with Crippen LogP contribution in [0.4, 0.5) is 16.2 Å². The Kier molecular flexibility index (Phi) is 11.4. The smallest absolute Gasteiger partial charge is 0.326 e. The molecule has 0 aliphatic rings. The van der Waals surface area contributed by atoms with Gasteiger partial charge in [0.05, 0.1) is 30.3 Å². The summed E-state index contributed by atoms with van der Waals surface area (Å²) >= 11 is 1.31.